The minimum atomic E-state index is -0.470. The van der Waals surface area contributed by atoms with Crippen LogP contribution in [0.2, 0.25) is 0 Å². The molecule has 0 saturated heterocycles. The first kappa shape index (κ1) is 8.58. The van der Waals surface area contributed by atoms with Gasteiger partial charge in [0.1, 0.15) is 5.56 Å². The second kappa shape index (κ2) is 3.25. The van der Waals surface area contributed by atoms with Crippen molar-refractivity contribution in [1.29, 1.82) is 0 Å². The van der Waals surface area contributed by atoms with Gasteiger partial charge in [0.25, 0.3) is 0 Å². The van der Waals surface area contributed by atoms with Crippen LogP contribution in [0.3, 0.4) is 0 Å². The molecule has 1 heterocycles. The van der Waals surface area contributed by atoms with Crippen molar-refractivity contribution in [2.45, 2.75) is 6.92 Å². The van der Waals surface area contributed by atoms with E-state index >= 15 is 0 Å². The zero-order valence-corrected chi connectivity index (χ0v) is 6.98. The van der Waals surface area contributed by atoms with Gasteiger partial charge >= 0.3 is 5.97 Å². The first-order chi connectivity index (χ1) is 5.65. The lowest BCUT2D eigenvalue weighted by atomic mass is 10.4. The lowest BCUT2D eigenvalue weighted by Gasteiger charge is -1.94. The molecule has 0 fully saturated rings. The molecular formula is C7H10N2O3. The Morgan fingerprint density at radius 3 is 2.92 bits per heavy atom. The van der Waals surface area contributed by atoms with Gasteiger partial charge in [-0.15, -0.1) is 0 Å². The van der Waals surface area contributed by atoms with Crippen molar-refractivity contribution < 1.29 is 14.4 Å². The number of carbonyl (C=O) groups excluding carboxylic acids is 1. The second-order valence-electron chi connectivity index (χ2n) is 2.31. The molecule has 1 rings (SSSR count). The highest BCUT2D eigenvalue weighted by Gasteiger charge is 2.13. The van der Waals surface area contributed by atoms with Gasteiger partial charge in [0.2, 0.25) is 6.20 Å². The predicted molar refractivity (Wildman–Crippen MR) is 40.3 cm³/mol. The van der Waals surface area contributed by atoms with E-state index in [-0.39, 0.29) is 5.56 Å². The molecular weight excluding hydrogens is 160 g/mol. The van der Waals surface area contributed by atoms with Crippen LogP contribution in [0.4, 0.5) is 0 Å². The van der Waals surface area contributed by atoms with E-state index in [2.05, 4.69) is 0 Å². The Morgan fingerprint density at radius 1 is 1.83 bits per heavy atom. The summed E-state index contributed by atoms with van der Waals surface area (Å²) in [6.45, 7) is 2.03. The lowest BCUT2D eigenvalue weighted by molar-refractivity contribution is -0.691. The van der Waals surface area contributed by atoms with E-state index < -0.39 is 5.97 Å². The molecule has 5 heteroatoms. The van der Waals surface area contributed by atoms with Gasteiger partial charge in [-0.3, -0.25) is 0 Å². The van der Waals surface area contributed by atoms with Crippen molar-refractivity contribution in [3.8, 4) is 0 Å². The first-order valence-electron chi connectivity index (χ1n) is 3.58. The Labute approximate surface area is 69.7 Å². The maximum atomic E-state index is 11.0. The van der Waals surface area contributed by atoms with Crippen LogP contribution < -0.4 is 4.85 Å². The van der Waals surface area contributed by atoms with E-state index in [1.165, 1.54) is 17.1 Å². The quantitative estimate of drug-likeness (QED) is 0.352. The Kier molecular flexibility index (Phi) is 2.32. The smallest absolute Gasteiger partial charge is 0.346 e. The number of hydrogen-bond donors (Lipinski definition) is 0. The third-order valence-electron chi connectivity index (χ3n) is 1.40. The van der Waals surface area contributed by atoms with Gasteiger partial charge in [0.05, 0.1) is 19.9 Å². The fraction of sp³-hybridized carbons (Fsp3) is 0.429. The molecule has 66 valence electrons. The summed E-state index contributed by atoms with van der Waals surface area (Å²) < 4.78 is 5.95. The number of ether oxygens (including phenoxy) is 1. The summed E-state index contributed by atoms with van der Waals surface area (Å²) in [7, 11) is 1.55. The SMILES string of the molecule is CCOC(=O)c1cn(C)[n+]([O-])c1. The van der Waals surface area contributed by atoms with Crippen molar-refractivity contribution in [3.05, 3.63) is 23.2 Å². The third-order valence-corrected chi connectivity index (χ3v) is 1.40. The second-order valence-corrected chi connectivity index (χ2v) is 2.31. The number of carbonyl (C=O) groups is 1. The largest absolute Gasteiger partial charge is 0.596 e. The van der Waals surface area contributed by atoms with Crippen LogP contribution in [-0.2, 0) is 11.8 Å². The van der Waals surface area contributed by atoms with Crippen LogP contribution in [-0.4, -0.2) is 17.3 Å². The normalized spacial score (nSPS) is 9.83. The Balaban J connectivity index is 2.82. The summed E-state index contributed by atoms with van der Waals surface area (Å²) in [4.78, 5) is 11.6. The van der Waals surface area contributed by atoms with Crippen molar-refractivity contribution in [2.24, 2.45) is 7.05 Å². The topological polar surface area (TPSA) is 58.2 Å². The highest BCUT2D eigenvalue weighted by Crippen LogP contribution is 1.97. The number of aryl methyl sites for hydroxylation is 1. The van der Waals surface area contributed by atoms with E-state index in [4.69, 9.17) is 4.74 Å². The maximum absolute atomic E-state index is 11.0. The highest BCUT2D eigenvalue weighted by atomic mass is 16.5. The molecule has 12 heavy (non-hydrogen) atoms. The van der Waals surface area contributed by atoms with E-state index in [1.54, 1.807) is 14.0 Å². The van der Waals surface area contributed by atoms with Crippen molar-refractivity contribution in [2.75, 3.05) is 6.61 Å². The molecule has 1 aromatic rings. The molecule has 0 spiro atoms. The van der Waals surface area contributed by atoms with E-state index in [0.717, 1.165) is 0 Å². The number of nitrogens with zero attached hydrogens (tertiary/aromatic N) is 2. The molecule has 0 aliphatic carbocycles. The molecule has 0 unspecified atom stereocenters. The van der Waals surface area contributed by atoms with Crippen LogP contribution in [0.15, 0.2) is 12.4 Å². The summed E-state index contributed by atoms with van der Waals surface area (Å²) in [6.07, 6.45) is 2.60. The maximum Gasteiger partial charge on any atom is 0.346 e. The number of hydrogen-bond acceptors (Lipinski definition) is 3. The number of rotatable bonds is 2. The average Bonchev–Trinajstić information content (AvgIpc) is 2.33. The summed E-state index contributed by atoms with van der Waals surface area (Å²) in [5.74, 6) is -0.470. The van der Waals surface area contributed by atoms with Crippen LogP contribution in [0.25, 0.3) is 0 Å². The molecule has 0 N–H and O–H groups in total. The predicted octanol–water partition coefficient (Wildman–Crippen LogP) is -0.165. The minimum Gasteiger partial charge on any atom is -0.596 e. The molecule has 0 bridgehead atoms. The Hall–Kier alpha value is -1.52. The van der Waals surface area contributed by atoms with Crippen molar-refractivity contribution in [1.82, 2.24) is 4.68 Å². The number of esters is 1. The average molecular weight is 170 g/mol. The van der Waals surface area contributed by atoms with Gasteiger partial charge in [0.15, 0.2) is 0 Å². The molecule has 0 aliphatic heterocycles. The Morgan fingerprint density at radius 2 is 2.50 bits per heavy atom. The van der Waals surface area contributed by atoms with E-state index in [9.17, 15) is 10.0 Å². The van der Waals surface area contributed by atoms with Gasteiger partial charge in [-0.2, -0.15) is 4.68 Å². The van der Waals surface area contributed by atoms with Crippen LogP contribution in [0, 0.1) is 5.21 Å². The fourth-order valence-corrected chi connectivity index (χ4v) is 0.821. The summed E-state index contributed by atoms with van der Waals surface area (Å²) in [6, 6.07) is 0. The molecule has 0 aromatic carbocycles. The van der Waals surface area contributed by atoms with E-state index in [1.807, 2.05) is 0 Å². The summed E-state index contributed by atoms with van der Waals surface area (Å²) in [5.41, 5.74) is 0.273. The highest BCUT2D eigenvalue weighted by molar-refractivity contribution is 5.88. The van der Waals surface area contributed by atoms with Gasteiger partial charge in [-0.25, -0.2) is 4.79 Å². The molecule has 0 radical (unpaired) electrons. The zero-order chi connectivity index (χ0) is 9.14. The molecule has 0 saturated carbocycles. The third kappa shape index (κ3) is 1.55. The minimum absolute atomic E-state index is 0.273. The van der Waals surface area contributed by atoms with Gasteiger partial charge in [-0.05, 0) is 6.92 Å². The summed E-state index contributed by atoms with van der Waals surface area (Å²) in [5, 5.41) is 10.8. The van der Waals surface area contributed by atoms with Gasteiger partial charge < -0.3 is 9.94 Å². The molecule has 5 nitrogen and oxygen atoms in total. The fourth-order valence-electron chi connectivity index (χ4n) is 0.821. The van der Waals surface area contributed by atoms with Crippen LogP contribution in [0.5, 0.6) is 0 Å². The van der Waals surface area contributed by atoms with Crippen LogP contribution >= 0.6 is 0 Å². The zero-order valence-electron chi connectivity index (χ0n) is 6.98. The molecule has 0 amide bonds. The first-order valence-corrected chi connectivity index (χ1v) is 3.58. The standard InChI is InChI=1S/C7H10N2O3/c1-3-12-7(10)6-4-8(2)9(11)5-6/h4-5H,3H2,1-2H3. The molecule has 0 aliphatic rings. The van der Waals surface area contributed by atoms with E-state index in [0.29, 0.717) is 11.5 Å². The van der Waals surface area contributed by atoms with Crippen molar-refractivity contribution >= 4 is 5.97 Å². The van der Waals surface area contributed by atoms with Gasteiger partial charge in [0, 0.05) is 0 Å². The van der Waals surface area contributed by atoms with Crippen molar-refractivity contribution in [3.63, 3.8) is 0 Å². The summed E-state index contributed by atoms with van der Waals surface area (Å²) >= 11 is 0. The van der Waals surface area contributed by atoms with Crippen LogP contribution in [0.1, 0.15) is 17.3 Å². The van der Waals surface area contributed by atoms with Gasteiger partial charge in [-0.1, -0.05) is 4.85 Å². The molecule has 1 aromatic heterocycles. The Bertz CT molecular complexity index is 273. The number of aromatic nitrogens is 2. The molecule has 0 atom stereocenters. The monoisotopic (exact) mass is 170 g/mol. The lowest BCUT2D eigenvalue weighted by Crippen LogP contribution is -2.33.